The van der Waals surface area contributed by atoms with Crippen molar-refractivity contribution in [1.29, 1.82) is 0 Å². The van der Waals surface area contributed by atoms with E-state index in [4.69, 9.17) is 9.47 Å². The van der Waals surface area contributed by atoms with E-state index in [2.05, 4.69) is 15.4 Å². The van der Waals surface area contributed by atoms with Crippen LogP contribution in [0.1, 0.15) is 23.0 Å². The van der Waals surface area contributed by atoms with Gasteiger partial charge < -0.3 is 9.47 Å². The van der Waals surface area contributed by atoms with E-state index in [1.807, 2.05) is 0 Å². The predicted octanol–water partition coefficient (Wildman–Crippen LogP) is 3.64. The molecule has 2 aromatic carbocycles. The van der Waals surface area contributed by atoms with E-state index < -0.39 is 23.4 Å². The molecule has 0 fully saturated rings. The molecule has 0 saturated carbocycles. The summed E-state index contributed by atoms with van der Waals surface area (Å²) >= 11 is 0. The molecule has 1 heterocycles. The van der Waals surface area contributed by atoms with Crippen LogP contribution in [0.5, 0.6) is 5.75 Å². The number of hydrogen-bond donors (Lipinski definition) is 1. The molecule has 0 spiro atoms. The van der Waals surface area contributed by atoms with Gasteiger partial charge in [-0.3, -0.25) is 0 Å². The van der Waals surface area contributed by atoms with Gasteiger partial charge in [-0.1, -0.05) is 0 Å². The third kappa shape index (κ3) is 4.08. The first-order valence-corrected chi connectivity index (χ1v) is 7.94. The minimum absolute atomic E-state index is 0.0710. The molecule has 3 aromatic rings. The van der Waals surface area contributed by atoms with Gasteiger partial charge in [0.1, 0.15) is 23.9 Å². The number of rotatable bonds is 6. The lowest BCUT2D eigenvalue weighted by Gasteiger charge is -2.09. The molecule has 0 unspecified atom stereocenters. The number of nitrogens with one attached hydrogen (secondary N) is 1. The van der Waals surface area contributed by atoms with Crippen molar-refractivity contribution in [1.82, 2.24) is 15.4 Å². The molecule has 0 aliphatic rings. The number of aromatic amines is 1. The molecule has 3 rings (SSSR count). The van der Waals surface area contributed by atoms with Crippen LogP contribution in [0.25, 0.3) is 11.3 Å². The number of halogens is 3. The zero-order chi connectivity index (χ0) is 19.4. The zero-order valence-electron chi connectivity index (χ0n) is 14.1. The number of nitrogens with zero attached hydrogens (tertiary/aromatic N) is 2. The van der Waals surface area contributed by atoms with Crippen LogP contribution in [0, 0.1) is 17.5 Å². The quantitative estimate of drug-likeness (QED) is 0.664. The number of benzene rings is 2. The molecule has 1 N–H and O–H groups in total. The number of esters is 1. The van der Waals surface area contributed by atoms with Crippen LogP contribution in [0.4, 0.5) is 13.2 Å². The van der Waals surface area contributed by atoms with Gasteiger partial charge in [0.15, 0.2) is 17.3 Å². The van der Waals surface area contributed by atoms with Crippen LogP contribution in [-0.2, 0) is 11.3 Å². The summed E-state index contributed by atoms with van der Waals surface area (Å²) in [5, 5.41) is 9.86. The fourth-order valence-electron chi connectivity index (χ4n) is 2.33. The Morgan fingerprint density at radius 3 is 2.59 bits per heavy atom. The molecule has 0 amide bonds. The standard InChI is InChI=1S/C18H14F3N3O3/c1-2-26-18(25)17-16(22-24-23-17)10-4-6-15(14(21)7-10)27-9-11-3-5-12(19)8-13(11)20/h3-8H,2,9H2,1H3,(H,22,23,24). The van der Waals surface area contributed by atoms with Crippen molar-refractivity contribution in [2.45, 2.75) is 13.5 Å². The van der Waals surface area contributed by atoms with Gasteiger partial charge in [-0.15, -0.1) is 5.10 Å². The first-order chi connectivity index (χ1) is 13.0. The van der Waals surface area contributed by atoms with Gasteiger partial charge in [-0.2, -0.15) is 10.3 Å². The molecular formula is C18H14F3N3O3. The van der Waals surface area contributed by atoms with Gasteiger partial charge in [0.05, 0.1) is 6.61 Å². The molecule has 0 atom stereocenters. The van der Waals surface area contributed by atoms with E-state index in [0.717, 1.165) is 18.2 Å². The van der Waals surface area contributed by atoms with E-state index in [1.54, 1.807) is 6.92 Å². The van der Waals surface area contributed by atoms with E-state index in [9.17, 15) is 18.0 Å². The van der Waals surface area contributed by atoms with Gasteiger partial charge in [0, 0.05) is 17.2 Å². The molecule has 0 aliphatic heterocycles. The van der Waals surface area contributed by atoms with Crippen molar-refractivity contribution in [2.75, 3.05) is 6.61 Å². The molecule has 0 bridgehead atoms. The van der Waals surface area contributed by atoms with Gasteiger partial charge >= 0.3 is 5.97 Å². The van der Waals surface area contributed by atoms with Gasteiger partial charge in [-0.25, -0.2) is 18.0 Å². The number of aromatic nitrogens is 3. The first-order valence-electron chi connectivity index (χ1n) is 7.94. The van der Waals surface area contributed by atoms with E-state index in [-0.39, 0.29) is 41.5 Å². The molecule has 0 radical (unpaired) electrons. The van der Waals surface area contributed by atoms with E-state index in [1.165, 1.54) is 18.2 Å². The summed E-state index contributed by atoms with van der Waals surface area (Å²) in [6.45, 7) is 1.53. The average Bonchev–Trinajstić information content (AvgIpc) is 3.12. The topological polar surface area (TPSA) is 77.1 Å². The van der Waals surface area contributed by atoms with Crippen molar-refractivity contribution in [3.63, 3.8) is 0 Å². The molecule has 140 valence electrons. The second kappa shape index (κ2) is 7.90. The summed E-state index contributed by atoms with van der Waals surface area (Å²) in [5.41, 5.74) is 0.423. The fourth-order valence-corrected chi connectivity index (χ4v) is 2.33. The molecular weight excluding hydrogens is 363 g/mol. The Hall–Kier alpha value is -3.36. The highest BCUT2D eigenvalue weighted by Crippen LogP contribution is 2.27. The Kier molecular flexibility index (Phi) is 5.39. The number of H-pyrrole nitrogens is 1. The summed E-state index contributed by atoms with van der Waals surface area (Å²) in [5.74, 6) is -3.06. The highest BCUT2D eigenvalue weighted by molar-refractivity contribution is 5.93. The Morgan fingerprint density at radius 1 is 1.07 bits per heavy atom. The Balaban J connectivity index is 1.78. The predicted molar refractivity (Wildman–Crippen MR) is 88.4 cm³/mol. The maximum atomic E-state index is 14.3. The zero-order valence-corrected chi connectivity index (χ0v) is 14.1. The third-order valence-corrected chi connectivity index (χ3v) is 3.62. The molecule has 1 aromatic heterocycles. The van der Waals surface area contributed by atoms with Crippen LogP contribution in [0.2, 0.25) is 0 Å². The lowest BCUT2D eigenvalue weighted by molar-refractivity contribution is 0.0520. The van der Waals surface area contributed by atoms with Crippen molar-refractivity contribution in [3.8, 4) is 17.0 Å². The highest BCUT2D eigenvalue weighted by Gasteiger charge is 2.20. The smallest absolute Gasteiger partial charge is 0.361 e. The second-order valence-electron chi connectivity index (χ2n) is 5.41. The van der Waals surface area contributed by atoms with E-state index in [0.29, 0.717) is 0 Å². The number of ether oxygens (including phenoxy) is 2. The second-order valence-corrected chi connectivity index (χ2v) is 5.41. The van der Waals surface area contributed by atoms with Gasteiger partial charge in [0.2, 0.25) is 0 Å². The van der Waals surface area contributed by atoms with Crippen molar-refractivity contribution < 1.29 is 27.4 Å². The third-order valence-electron chi connectivity index (χ3n) is 3.62. The largest absolute Gasteiger partial charge is 0.486 e. The minimum atomic E-state index is -0.784. The van der Waals surface area contributed by atoms with Gasteiger partial charge in [-0.05, 0) is 37.3 Å². The first kappa shape index (κ1) is 18.4. The summed E-state index contributed by atoms with van der Waals surface area (Å²) in [7, 11) is 0. The SMILES string of the molecule is CCOC(=O)c1n[nH]nc1-c1ccc(OCc2ccc(F)cc2F)c(F)c1. The molecule has 0 aliphatic carbocycles. The summed E-state index contributed by atoms with van der Waals surface area (Å²) in [4.78, 5) is 11.8. The molecule has 27 heavy (non-hydrogen) atoms. The summed E-state index contributed by atoms with van der Waals surface area (Å²) < 4.78 is 51.0. The van der Waals surface area contributed by atoms with Crippen molar-refractivity contribution >= 4 is 5.97 Å². The monoisotopic (exact) mass is 377 g/mol. The number of hydrogen-bond acceptors (Lipinski definition) is 5. The average molecular weight is 377 g/mol. The Bertz CT molecular complexity index is 975. The van der Waals surface area contributed by atoms with E-state index >= 15 is 0 Å². The molecule has 6 nitrogen and oxygen atoms in total. The van der Waals surface area contributed by atoms with Crippen LogP contribution >= 0.6 is 0 Å². The Morgan fingerprint density at radius 2 is 1.89 bits per heavy atom. The molecule has 0 saturated heterocycles. The van der Waals surface area contributed by atoms with Crippen LogP contribution in [-0.4, -0.2) is 28.0 Å². The van der Waals surface area contributed by atoms with Crippen LogP contribution in [0.3, 0.4) is 0 Å². The highest BCUT2D eigenvalue weighted by atomic mass is 19.1. The maximum absolute atomic E-state index is 14.3. The fraction of sp³-hybridized carbons (Fsp3) is 0.167. The molecule has 9 heteroatoms. The lowest BCUT2D eigenvalue weighted by Crippen LogP contribution is -2.07. The minimum Gasteiger partial charge on any atom is -0.486 e. The maximum Gasteiger partial charge on any atom is 0.361 e. The summed E-state index contributed by atoms with van der Waals surface area (Å²) in [6.07, 6.45) is 0. The Labute approximate surface area is 151 Å². The van der Waals surface area contributed by atoms with Crippen molar-refractivity contribution in [2.24, 2.45) is 0 Å². The lowest BCUT2D eigenvalue weighted by atomic mass is 10.1. The van der Waals surface area contributed by atoms with Crippen molar-refractivity contribution in [3.05, 3.63) is 65.1 Å². The van der Waals surface area contributed by atoms with Crippen LogP contribution < -0.4 is 4.74 Å². The normalized spacial score (nSPS) is 10.7. The van der Waals surface area contributed by atoms with Gasteiger partial charge in [0.25, 0.3) is 0 Å². The number of carbonyl (C=O) groups is 1. The summed E-state index contributed by atoms with van der Waals surface area (Å²) in [6, 6.07) is 6.92. The van der Waals surface area contributed by atoms with Crippen LogP contribution in [0.15, 0.2) is 36.4 Å². The number of carbonyl (C=O) groups excluding carboxylic acids is 1.